The standard InChI is InChI=1S/C7H17F2N3O2S/c1-2-4-11-15(13,14)12(5-3-10)6-7(8)9/h7,11H,2-6,10H2,1H3. The lowest BCUT2D eigenvalue weighted by atomic mass is 10.5. The van der Waals surface area contributed by atoms with E-state index >= 15 is 0 Å². The zero-order valence-electron chi connectivity index (χ0n) is 8.62. The number of halogens is 2. The molecule has 0 rings (SSSR count). The van der Waals surface area contributed by atoms with Crippen molar-refractivity contribution < 1.29 is 17.2 Å². The molecule has 0 fully saturated rings. The van der Waals surface area contributed by atoms with E-state index in [0.29, 0.717) is 10.7 Å². The van der Waals surface area contributed by atoms with Crippen LogP contribution in [0.1, 0.15) is 13.3 Å². The fourth-order valence-corrected chi connectivity index (χ4v) is 2.23. The highest BCUT2D eigenvalue weighted by Gasteiger charge is 2.23. The number of nitrogens with one attached hydrogen (secondary N) is 1. The molecule has 0 aromatic heterocycles. The first-order chi connectivity index (χ1) is 6.94. The summed E-state index contributed by atoms with van der Waals surface area (Å²) in [5.41, 5.74) is 5.15. The first-order valence-corrected chi connectivity index (χ1v) is 6.11. The highest BCUT2D eigenvalue weighted by atomic mass is 32.2. The average Bonchev–Trinajstić information content (AvgIpc) is 2.13. The number of hydrogen-bond donors (Lipinski definition) is 2. The molecule has 0 radical (unpaired) electrons. The van der Waals surface area contributed by atoms with Gasteiger partial charge in [0.15, 0.2) is 0 Å². The van der Waals surface area contributed by atoms with Gasteiger partial charge in [0.05, 0.1) is 6.54 Å². The topological polar surface area (TPSA) is 75.4 Å². The second-order valence-corrected chi connectivity index (χ2v) is 4.69. The van der Waals surface area contributed by atoms with Crippen molar-refractivity contribution in [2.75, 3.05) is 26.2 Å². The summed E-state index contributed by atoms with van der Waals surface area (Å²) in [6.45, 7) is 1.09. The Morgan fingerprint density at radius 1 is 1.47 bits per heavy atom. The van der Waals surface area contributed by atoms with E-state index in [4.69, 9.17) is 5.73 Å². The summed E-state index contributed by atoms with van der Waals surface area (Å²) in [6, 6.07) is 0. The molecule has 0 unspecified atom stereocenters. The third-order valence-electron chi connectivity index (χ3n) is 1.59. The Morgan fingerprint density at radius 3 is 2.47 bits per heavy atom. The SMILES string of the molecule is CCCNS(=O)(=O)N(CCN)CC(F)F. The number of nitrogens with two attached hydrogens (primary N) is 1. The highest BCUT2D eigenvalue weighted by Crippen LogP contribution is 2.03. The fraction of sp³-hybridized carbons (Fsp3) is 1.00. The molecule has 0 amide bonds. The van der Waals surface area contributed by atoms with Gasteiger partial charge in [-0.1, -0.05) is 6.92 Å². The van der Waals surface area contributed by atoms with Gasteiger partial charge < -0.3 is 5.73 Å². The molecule has 0 aliphatic heterocycles. The van der Waals surface area contributed by atoms with Crippen molar-refractivity contribution in [3.63, 3.8) is 0 Å². The van der Waals surface area contributed by atoms with Gasteiger partial charge in [0.25, 0.3) is 16.6 Å². The number of rotatable bonds is 8. The van der Waals surface area contributed by atoms with Gasteiger partial charge in [0.1, 0.15) is 0 Å². The molecule has 0 aliphatic carbocycles. The number of nitrogens with zero attached hydrogens (tertiary/aromatic N) is 1. The highest BCUT2D eigenvalue weighted by molar-refractivity contribution is 7.87. The van der Waals surface area contributed by atoms with Gasteiger partial charge in [-0.3, -0.25) is 0 Å². The Hall–Kier alpha value is -0.310. The van der Waals surface area contributed by atoms with Gasteiger partial charge in [0.2, 0.25) is 0 Å². The largest absolute Gasteiger partial charge is 0.329 e. The van der Waals surface area contributed by atoms with Crippen LogP contribution in [0.4, 0.5) is 8.78 Å². The van der Waals surface area contributed by atoms with Crippen LogP contribution in [0.25, 0.3) is 0 Å². The summed E-state index contributed by atoms with van der Waals surface area (Å²) < 4.78 is 49.9. The van der Waals surface area contributed by atoms with E-state index in [1.54, 1.807) is 6.92 Å². The van der Waals surface area contributed by atoms with Crippen LogP contribution < -0.4 is 10.5 Å². The molecule has 0 saturated carbocycles. The Kier molecular flexibility index (Phi) is 6.90. The minimum atomic E-state index is -3.82. The zero-order chi connectivity index (χ0) is 11.9. The van der Waals surface area contributed by atoms with Gasteiger partial charge in [0, 0.05) is 19.6 Å². The maximum absolute atomic E-state index is 12.1. The number of hydrogen-bond acceptors (Lipinski definition) is 3. The van der Waals surface area contributed by atoms with Gasteiger partial charge in [-0.05, 0) is 6.42 Å². The van der Waals surface area contributed by atoms with Crippen LogP contribution in [-0.4, -0.2) is 45.3 Å². The summed E-state index contributed by atoms with van der Waals surface area (Å²) in [6.07, 6.45) is -2.10. The van der Waals surface area contributed by atoms with Gasteiger partial charge >= 0.3 is 0 Å². The molecule has 0 aliphatic rings. The number of alkyl halides is 2. The van der Waals surface area contributed by atoms with Crippen LogP contribution in [0, 0.1) is 0 Å². The second-order valence-electron chi connectivity index (χ2n) is 2.94. The summed E-state index contributed by atoms with van der Waals surface area (Å²) in [4.78, 5) is 0. The lowest BCUT2D eigenvalue weighted by Gasteiger charge is -2.21. The van der Waals surface area contributed by atoms with Crippen LogP contribution in [0.3, 0.4) is 0 Å². The van der Waals surface area contributed by atoms with Crippen molar-refractivity contribution in [1.82, 2.24) is 9.03 Å². The van der Waals surface area contributed by atoms with E-state index in [9.17, 15) is 17.2 Å². The minimum Gasteiger partial charge on any atom is -0.329 e. The molecule has 92 valence electrons. The van der Waals surface area contributed by atoms with Gasteiger partial charge in [-0.2, -0.15) is 12.7 Å². The molecular formula is C7H17F2N3O2S. The summed E-state index contributed by atoms with van der Waals surface area (Å²) in [5.74, 6) is 0. The molecule has 0 saturated heterocycles. The first kappa shape index (κ1) is 14.7. The van der Waals surface area contributed by atoms with Crippen LogP contribution in [0.2, 0.25) is 0 Å². The summed E-state index contributed by atoms with van der Waals surface area (Å²) in [7, 11) is -3.82. The Labute approximate surface area is 88.8 Å². The van der Waals surface area contributed by atoms with Crippen LogP contribution >= 0.6 is 0 Å². The van der Waals surface area contributed by atoms with Crippen molar-refractivity contribution in [1.29, 1.82) is 0 Å². The Bertz CT molecular complexity index is 259. The quantitative estimate of drug-likeness (QED) is 0.619. The predicted octanol–water partition coefficient (Wildman–Crippen LogP) is -0.243. The molecule has 8 heteroatoms. The van der Waals surface area contributed by atoms with Gasteiger partial charge in [-0.15, -0.1) is 0 Å². The third kappa shape index (κ3) is 5.98. The molecule has 0 atom stereocenters. The fourth-order valence-electron chi connectivity index (χ4n) is 0.930. The minimum absolute atomic E-state index is 0.0136. The second kappa shape index (κ2) is 7.04. The smallest absolute Gasteiger partial charge is 0.279 e. The van der Waals surface area contributed by atoms with Crippen LogP contribution in [0.5, 0.6) is 0 Å². The normalized spacial score (nSPS) is 12.7. The lowest BCUT2D eigenvalue weighted by molar-refractivity contribution is 0.120. The van der Waals surface area contributed by atoms with E-state index in [2.05, 4.69) is 4.72 Å². The zero-order valence-corrected chi connectivity index (χ0v) is 9.43. The predicted molar refractivity (Wildman–Crippen MR) is 53.8 cm³/mol. The lowest BCUT2D eigenvalue weighted by Crippen LogP contribution is -2.45. The van der Waals surface area contributed by atoms with Crippen LogP contribution in [0.15, 0.2) is 0 Å². The van der Waals surface area contributed by atoms with E-state index in [1.165, 1.54) is 0 Å². The molecule has 3 N–H and O–H groups in total. The molecule has 0 aromatic rings. The summed E-state index contributed by atoms with van der Waals surface area (Å²) in [5, 5.41) is 0. The van der Waals surface area contributed by atoms with Crippen molar-refractivity contribution in [2.24, 2.45) is 5.73 Å². The first-order valence-electron chi connectivity index (χ1n) is 4.67. The molecule has 0 heterocycles. The van der Waals surface area contributed by atoms with Gasteiger partial charge in [-0.25, -0.2) is 13.5 Å². The van der Waals surface area contributed by atoms with E-state index < -0.39 is 23.2 Å². The summed E-state index contributed by atoms with van der Waals surface area (Å²) >= 11 is 0. The van der Waals surface area contributed by atoms with Crippen molar-refractivity contribution in [3.05, 3.63) is 0 Å². The van der Waals surface area contributed by atoms with Crippen molar-refractivity contribution in [3.8, 4) is 0 Å². The molecule has 15 heavy (non-hydrogen) atoms. The average molecular weight is 245 g/mol. The molecule has 0 bridgehead atoms. The van der Waals surface area contributed by atoms with Crippen molar-refractivity contribution >= 4 is 10.2 Å². The van der Waals surface area contributed by atoms with E-state index in [0.717, 1.165) is 0 Å². The Balaban J connectivity index is 4.44. The Morgan fingerprint density at radius 2 is 2.07 bits per heavy atom. The molecule has 5 nitrogen and oxygen atoms in total. The maximum Gasteiger partial charge on any atom is 0.279 e. The molecule has 0 spiro atoms. The third-order valence-corrected chi connectivity index (χ3v) is 3.17. The van der Waals surface area contributed by atoms with Crippen molar-refractivity contribution in [2.45, 2.75) is 19.8 Å². The molecular weight excluding hydrogens is 228 g/mol. The molecule has 0 aromatic carbocycles. The van der Waals surface area contributed by atoms with E-state index in [1.807, 2.05) is 0 Å². The van der Waals surface area contributed by atoms with Crippen LogP contribution in [-0.2, 0) is 10.2 Å². The monoisotopic (exact) mass is 245 g/mol. The van der Waals surface area contributed by atoms with E-state index in [-0.39, 0.29) is 19.6 Å². The maximum atomic E-state index is 12.1.